The molecule has 7 nitrogen and oxygen atoms in total. The average Bonchev–Trinajstić information content (AvgIpc) is 3.72. The highest BCUT2D eigenvalue weighted by atomic mass is 32.2. The highest BCUT2D eigenvalue weighted by molar-refractivity contribution is 7.85. The maximum Gasteiger partial charge on any atom is 0.335 e. The second kappa shape index (κ2) is 13.6. The van der Waals surface area contributed by atoms with Crippen LogP contribution in [-0.2, 0) is 15.6 Å². The molecule has 1 aromatic rings. The molecule has 8 rings (SSSR count). The number of hydrogen-bond acceptors (Lipinski definition) is 5. The van der Waals surface area contributed by atoms with Gasteiger partial charge in [0.05, 0.1) is 5.56 Å². The first-order chi connectivity index (χ1) is 24.8. The quantitative estimate of drug-likeness (QED) is 0.288. The van der Waals surface area contributed by atoms with E-state index in [0.29, 0.717) is 52.5 Å². The number of nitrogens with one attached hydrogen (secondary N) is 1. The highest BCUT2D eigenvalue weighted by Gasteiger charge is 2.67. The SMILES string of the molecule is CC(C1CCC2(NCCN3CCS(=O)CC3)CCC3C(CCC4C3(C)CCC3C(C)(C)C(c5ccc(C(=O)O)cc5)=CCC34C)C12)N1CCCC1=O. The van der Waals surface area contributed by atoms with E-state index in [-0.39, 0.29) is 16.4 Å². The average molecular weight is 732 g/mol. The Hall–Kier alpha value is -2.03. The Morgan fingerprint density at radius 3 is 2.37 bits per heavy atom. The van der Waals surface area contributed by atoms with Gasteiger partial charge in [0.15, 0.2) is 0 Å². The van der Waals surface area contributed by atoms with Crippen molar-refractivity contribution in [1.82, 2.24) is 15.1 Å². The van der Waals surface area contributed by atoms with Crippen molar-refractivity contribution in [2.24, 2.45) is 51.8 Å². The molecule has 0 aromatic heterocycles. The molecule has 2 heterocycles. The number of hydrogen-bond donors (Lipinski definition) is 2. The smallest absolute Gasteiger partial charge is 0.335 e. The minimum absolute atomic E-state index is 0.0131. The molecule has 10 atom stereocenters. The molecule has 4 saturated carbocycles. The van der Waals surface area contributed by atoms with E-state index >= 15 is 0 Å². The Morgan fingerprint density at radius 1 is 0.942 bits per heavy atom. The Balaban J connectivity index is 1.06. The molecule has 286 valence electrons. The van der Waals surface area contributed by atoms with Gasteiger partial charge in [0.2, 0.25) is 5.91 Å². The van der Waals surface area contributed by atoms with Gasteiger partial charge in [0.25, 0.3) is 0 Å². The molecule has 10 unspecified atom stereocenters. The predicted octanol–water partition coefficient (Wildman–Crippen LogP) is 7.49. The lowest BCUT2D eigenvalue weighted by atomic mass is 9.36. The lowest BCUT2D eigenvalue weighted by molar-refractivity contribution is -0.178. The van der Waals surface area contributed by atoms with Crippen molar-refractivity contribution >= 4 is 28.2 Å². The van der Waals surface area contributed by atoms with Gasteiger partial charge >= 0.3 is 5.97 Å². The van der Waals surface area contributed by atoms with Gasteiger partial charge in [-0.05, 0) is 146 Å². The van der Waals surface area contributed by atoms with Crippen molar-refractivity contribution in [2.45, 2.75) is 117 Å². The fraction of sp³-hybridized carbons (Fsp3) is 0.773. The number of benzene rings is 1. The third-order valence-electron chi connectivity index (χ3n) is 17.0. The van der Waals surface area contributed by atoms with E-state index in [4.69, 9.17) is 0 Å². The Bertz CT molecular complexity index is 1600. The molecular formula is C44H65N3O4S. The Morgan fingerprint density at radius 2 is 1.67 bits per heavy atom. The zero-order valence-corrected chi connectivity index (χ0v) is 33.4. The van der Waals surface area contributed by atoms with Crippen molar-refractivity contribution in [1.29, 1.82) is 0 Å². The summed E-state index contributed by atoms with van der Waals surface area (Å²) in [5.41, 5.74) is 3.65. The molecule has 2 N–H and O–H groups in total. The van der Waals surface area contributed by atoms with Crippen LogP contribution in [0.4, 0.5) is 0 Å². The number of aromatic carboxylic acids is 1. The maximum atomic E-state index is 13.1. The number of nitrogens with zero attached hydrogens (tertiary/aromatic N) is 2. The molecule has 2 saturated heterocycles. The van der Waals surface area contributed by atoms with Gasteiger partial charge < -0.3 is 20.2 Å². The second-order valence-electron chi connectivity index (χ2n) is 19.4. The molecular weight excluding hydrogens is 667 g/mol. The summed E-state index contributed by atoms with van der Waals surface area (Å²) in [6, 6.07) is 7.92. The summed E-state index contributed by atoms with van der Waals surface area (Å²) in [5, 5.41) is 13.8. The lowest BCUT2D eigenvalue weighted by Gasteiger charge is -2.69. The Kier molecular flexibility index (Phi) is 9.67. The molecule has 0 bridgehead atoms. The van der Waals surface area contributed by atoms with E-state index in [0.717, 1.165) is 69.4 Å². The van der Waals surface area contributed by atoms with Crippen LogP contribution in [0.3, 0.4) is 0 Å². The third-order valence-corrected chi connectivity index (χ3v) is 18.3. The van der Waals surface area contributed by atoms with E-state index in [1.807, 2.05) is 12.1 Å². The monoisotopic (exact) mass is 731 g/mol. The number of likely N-dealkylation sites (tertiary alicyclic amines) is 1. The first-order valence-electron chi connectivity index (χ1n) is 20.9. The summed E-state index contributed by atoms with van der Waals surface area (Å²) in [5.74, 6) is 4.99. The zero-order chi connectivity index (χ0) is 36.6. The van der Waals surface area contributed by atoms with Crippen LogP contribution in [-0.4, -0.2) is 86.8 Å². The van der Waals surface area contributed by atoms with E-state index in [2.05, 4.69) is 55.8 Å². The van der Waals surface area contributed by atoms with Gasteiger partial charge in [-0.1, -0.05) is 45.9 Å². The first-order valence-corrected chi connectivity index (χ1v) is 22.4. The minimum atomic E-state index is -0.867. The van der Waals surface area contributed by atoms with Crippen LogP contribution in [0.15, 0.2) is 30.3 Å². The maximum absolute atomic E-state index is 13.1. The summed E-state index contributed by atoms with van der Waals surface area (Å²) in [7, 11) is -0.642. The molecule has 0 spiro atoms. The van der Waals surface area contributed by atoms with Crippen LogP contribution in [0.25, 0.3) is 5.57 Å². The van der Waals surface area contributed by atoms with E-state index in [9.17, 15) is 18.9 Å². The zero-order valence-electron chi connectivity index (χ0n) is 32.6. The van der Waals surface area contributed by atoms with Crippen LogP contribution >= 0.6 is 0 Å². The summed E-state index contributed by atoms with van der Waals surface area (Å²) in [6.07, 6.45) is 15.6. The van der Waals surface area contributed by atoms with Crippen molar-refractivity contribution in [3.05, 3.63) is 41.5 Å². The number of carboxylic acid groups (broad SMARTS) is 1. The van der Waals surface area contributed by atoms with Crippen molar-refractivity contribution in [2.75, 3.05) is 44.2 Å². The number of fused-ring (bicyclic) bond motifs is 7. The van der Waals surface area contributed by atoms with Crippen molar-refractivity contribution < 1.29 is 18.9 Å². The predicted molar refractivity (Wildman–Crippen MR) is 209 cm³/mol. The molecule has 5 aliphatic carbocycles. The van der Waals surface area contributed by atoms with E-state index in [1.54, 1.807) is 12.1 Å². The van der Waals surface area contributed by atoms with Gasteiger partial charge in [-0.3, -0.25) is 9.00 Å². The molecule has 0 radical (unpaired) electrons. The Labute approximate surface area is 315 Å². The second-order valence-corrected chi connectivity index (χ2v) is 21.1. The van der Waals surface area contributed by atoms with Crippen LogP contribution in [0.1, 0.15) is 121 Å². The van der Waals surface area contributed by atoms with Gasteiger partial charge in [0.1, 0.15) is 0 Å². The largest absolute Gasteiger partial charge is 0.478 e. The summed E-state index contributed by atoms with van der Waals surface area (Å²) >= 11 is 0. The van der Waals surface area contributed by atoms with E-state index < -0.39 is 16.8 Å². The highest BCUT2D eigenvalue weighted by Crippen LogP contribution is 2.73. The summed E-state index contributed by atoms with van der Waals surface area (Å²) in [4.78, 5) is 29.5. The number of carbonyl (C=O) groups excluding carboxylic acids is 1. The summed E-state index contributed by atoms with van der Waals surface area (Å²) < 4.78 is 12.0. The van der Waals surface area contributed by atoms with Gasteiger partial charge in [-0.2, -0.15) is 0 Å². The number of carboxylic acids is 1. The fourth-order valence-corrected chi connectivity index (χ4v) is 15.9. The molecule has 1 aromatic carbocycles. The molecule has 52 heavy (non-hydrogen) atoms. The van der Waals surface area contributed by atoms with E-state index in [1.165, 1.54) is 62.5 Å². The van der Waals surface area contributed by atoms with Crippen LogP contribution < -0.4 is 5.32 Å². The van der Waals surface area contributed by atoms with Crippen LogP contribution in [0.2, 0.25) is 0 Å². The van der Waals surface area contributed by atoms with Crippen molar-refractivity contribution in [3.8, 4) is 0 Å². The minimum Gasteiger partial charge on any atom is -0.478 e. The van der Waals surface area contributed by atoms with Gasteiger partial charge in [0, 0.05) is 73.0 Å². The fourth-order valence-electron chi connectivity index (χ4n) is 14.7. The third kappa shape index (κ3) is 5.90. The van der Waals surface area contributed by atoms with Crippen molar-refractivity contribution in [3.63, 3.8) is 0 Å². The lowest BCUT2D eigenvalue weighted by Crippen LogP contribution is -2.65. The van der Waals surface area contributed by atoms with Crippen LogP contribution in [0.5, 0.6) is 0 Å². The van der Waals surface area contributed by atoms with Crippen LogP contribution in [0, 0.1) is 51.8 Å². The molecule has 7 aliphatic rings. The standard InChI is InChI=1S/C44H65N3O4S/c1-29(47-23-6-7-38(47)48)32-14-20-44(45-22-24-46-25-27-52(51)28-26-46)21-16-35-33(39(32)44)12-13-37-42(35,4)19-17-36-41(2,3)34(15-18-43(36,37)5)30-8-10-31(11-9-30)40(49)50/h8-11,15,29,32-33,35-37,39,45H,6-7,12-14,16-28H2,1-5H3,(H,49,50). The number of rotatable bonds is 8. The number of amides is 1. The van der Waals surface area contributed by atoms with Gasteiger partial charge in [-0.15, -0.1) is 0 Å². The molecule has 2 aliphatic heterocycles. The topological polar surface area (TPSA) is 89.9 Å². The first kappa shape index (κ1) is 36.9. The molecule has 8 heteroatoms. The van der Waals surface area contributed by atoms with Gasteiger partial charge in [-0.25, -0.2) is 4.79 Å². The number of carbonyl (C=O) groups is 2. The molecule has 1 amide bonds. The normalized spacial score (nSPS) is 41.1. The molecule has 6 fully saturated rings. The number of allylic oxidation sites excluding steroid dienone is 2. The summed E-state index contributed by atoms with van der Waals surface area (Å²) in [6.45, 7) is 17.6.